The van der Waals surface area contributed by atoms with Gasteiger partial charge in [0.05, 0.1) is 1.37 Å². The molecule has 0 aliphatic heterocycles. The normalized spacial score (nSPS) is 11.7. The van der Waals surface area contributed by atoms with Crippen LogP contribution in [-0.2, 0) is 0 Å². The van der Waals surface area contributed by atoms with Gasteiger partial charge in [0.1, 0.15) is 11.2 Å². The lowest BCUT2D eigenvalue weighted by Gasteiger charge is -2.26. The van der Waals surface area contributed by atoms with Crippen LogP contribution in [0.4, 0.5) is 17.1 Å². The Morgan fingerprint density at radius 3 is 1.67 bits per heavy atom. The summed E-state index contributed by atoms with van der Waals surface area (Å²) in [5.74, 6) is 0. The highest BCUT2D eigenvalue weighted by Crippen LogP contribution is 2.40. The van der Waals surface area contributed by atoms with Crippen LogP contribution in [0, 0.1) is 0 Å². The molecule has 10 aromatic rings. The summed E-state index contributed by atoms with van der Waals surface area (Å²) in [6.45, 7) is 0. The Labute approximate surface area is 303 Å². The maximum absolute atomic E-state index is 8.34. The van der Waals surface area contributed by atoms with E-state index in [1.165, 1.54) is 10.8 Å². The van der Waals surface area contributed by atoms with Gasteiger partial charge in [-0.3, -0.25) is 0 Å². The fraction of sp³-hybridized carbons (Fsp3) is 0. The van der Waals surface area contributed by atoms with Crippen LogP contribution >= 0.6 is 0 Å². The van der Waals surface area contributed by atoms with Crippen LogP contribution in [0.15, 0.2) is 205 Å². The minimum absolute atomic E-state index is 0.551. The fourth-order valence-corrected chi connectivity index (χ4v) is 7.57. The monoisotopic (exact) mass is 664 g/mol. The van der Waals surface area contributed by atoms with E-state index in [1.54, 1.807) is 0 Å². The number of anilines is 3. The summed E-state index contributed by atoms with van der Waals surface area (Å²) in [6.07, 6.45) is 0. The van der Waals surface area contributed by atoms with E-state index in [-0.39, 0.29) is 0 Å². The number of benzene rings is 9. The second kappa shape index (κ2) is 12.5. The number of rotatable bonds is 6. The molecular weight excluding hydrogens is 631 g/mol. The number of para-hydroxylation sites is 2. The molecule has 2 heteroatoms. The summed E-state index contributed by atoms with van der Waals surface area (Å²) >= 11 is 0. The SMILES string of the molecule is [2H]c1ccc(-c2ccc(-c3ccc(N(c4ccc(-c5cccc6c5oc5ccccc56)cc4)c4ccc5ccccc5c4)cc3)cc2)c2ccccc12. The predicted octanol–water partition coefficient (Wildman–Crippen LogP) is 14.4. The minimum atomic E-state index is 0.551. The Balaban J connectivity index is 1.01. The molecule has 0 saturated carbocycles. The maximum Gasteiger partial charge on any atom is 0.143 e. The smallest absolute Gasteiger partial charge is 0.143 e. The number of hydrogen-bond donors (Lipinski definition) is 0. The molecule has 1 heterocycles. The van der Waals surface area contributed by atoms with Crippen molar-refractivity contribution < 1.29 is 5.79 Å². The van der Waals surface area contributed by atoms with Crippen LogP contribution in [0.5, 0.6) is 0 Å². The summed E-state index contributed by atoms with van der Waals surface area (Å²) in [5.41, 5.74) is 11.9. The van der Waals surface area contributed by atoms with Crippen molar-refractivity contribution in [3.8, 4) is 33.4 Å². The van der Waals surface area contributed by atoms with Gasteiger partial charge in [-0.2, -0.15) is 0 Å². The molecule has 0 spiro atoms. The van der Waals surface area contributed by atoms with Crippen LogP contribution in [0.2, 0.25) is 0 Å². The molecule has 244 valence electrons. The lowest BCUT2D eigenvalue weighted by molar-refractivity contribution is 0.670. The van der Waals surface area contributed by atoms with E-state index in [1.807, 2.05) is 36.4 Å². The second-order valence-corrected chi connectivity index (χ2v) is 13.3. The molecule has 0 bridgehead atoms. The van der Waals surface area contributed by atoms with Gasteiger partial charge in [0.15, 0.2) is 0 Å². The maximum atomic E-state index is 8.34. The first-order valence-electron chi connectivity index (χ1n) is 18.2. The van der Waals surface area contributed by atoms with Crippen molar-refractivity contribution in [3.05, 3.63) is 200 Å². The van der Waals surface area contributed by atoms with Gasteiger partial charge in [0, 0.05) is 33.4 Å². The highest BCUT2D eigenvalue weighted by Gasteiger charge is 2.16. The molecule has 52 heavy (non-hydrogen) atoms. The third-order valence-corrected chi connectivity index (χ3v) is 10.2. The van der Waals surface area contributed by atoms with Gasteiger partial charge in [-0.15, -0.1) is 0 Å². The van der Waals surface area contributed by atoms with Crippen LogP contribution < -0.4 is 4.90 Å². The van der Waals surface area contributed by atoms with E-state index in [4.69, 9.17) is 5.79 Å². The van der Waals surface area contributed by atoms with E-state index in [2.05, 4.69) is 163 Å². The van der Waals surface area contributed by atoms with Crippen molar-refractivity contribution in [2.75, 3.05) is 4.90 Å². The van der Waals surface area contributed by atoms with Gasteiger partial charge in [0.25, 0.3) is 0 Å². The summed E-state index contributed by atoms with van der Waals surface area (Å²) in [7, 11) is 0. The molecule has 0 atom stereocenters. The fourth-order valence-electron chi connectivity index (χ4n) is 7.57. The summed E-state index contributed by atoms with van der Waals surface area (Å²) in [5, 5.41) is 6.75. The quantitative estimate of drug-likeness (QED) is 0.176. The standard InChI is InChI=1S/C50H33NO/c1-2-11-40-33-43(32-25-34(40)9-1)51(42-30-26-39(27-31-42)46-16-8-17-48-47-14-5-6-18-49(47)52-50(46)48)41-28-23-36(24-29-41)35-19-21-38(22-20-35)45-15-7-12-37-10-3-4-13-44(37)45/h1-33H/i12D. The molecule has 0 unspecified atom stereocenters. The third kappa shape index (κ3) is 5.21. The Hall–Kier alpha value is -6.90. The number of furan rings is 1. The van der Waals surface area contributed by atoms with Crippen LogP contribution in [-0.4, -0.2) is 0 Å². The van der Waals surface area contributed by atoms with Gasteiger partial charge < -0.3 is 9.32 Å². The first kappa shape index (κ1) is 28.9. The Kier molecular flexibility index (Phi) is 6.92. The Bertz CT molecular complexity index is 2940. The highest BCUT2D eigenvalue weighted by molar-refractivity contribution is 6.09. The van der Waals surface area contributed by atoms with Gasteiger partial charge in [-0.1, -0.05) is 158 Å². The summed E-state index contributed by atoms with van der Waals surface area (Å²) in [6, 6.07) is 68.8. The predicted molar refractivity (Wildman–Crippen MR) is 220 cm³/mol. The molecule has 2 nitrogen and oxygen atoms in total. The van der Waals surface area contributed by atoms with E-state index >= 15 is 0 Å². The average molecular weight is 665 g/mol. The molecule has 0 radical (unpaired) electrons. The average Bonchev–Trinajstić information content (AvgIpc) is 3.61. The van der Waals surface area contributed by atoms with Gasteiger partial charge in [-0.05, 0) is 91.8 Å². The molecule has 10 rings (SSSR count). The van der Waals surface area contributed by atoms with Gasteiger partial charge in [0.2, 0.25) is 0 Å². The Morgan fingerprint density at radius 1 is 0.365 bits per heavy atom. The van der Waals surface area contributed by atoms with Crippen molar-refractivity contribution in [2.45, 2.75) is 0 Å². The van der Waals surface area contributed by atoms with Crippen LogP contribution in [0.25, 0.3) is 76.9 Å². The molecule has 0 fully saturated rings. The van der Waals surface area contributed by atoms with E-state index in [9.17, 15) is 0 Å². The van der Waals surface area contributed by atoms with Crippen molar-refractivity contribution in [2.24, 2.45) is 0 Å². The molecule has 0 aliphatic carbocycles. The lowest BCUT2D eigenvalue weighted by atomic mass is 9.96. The van der Waals surface area contributed by atoms with Crippen LogP contribution in [0.3, 0.4) is 0 Å². The van der Waals surface area contributed by atoms with Crippen molar-refractivity contribution in [1.82, 2.24) is 0 Å². The molecule has 0 amide bonds. The van der Waals surface area contributed by atoms with E-state index < -0.39 is 0 Å². The zero-order valence-electron chi connectivity index (χ0n) is 29.3. The highest BCUT2D eigenvalue weighted by atomic mass is 16.3. The van der Waals surface area contributed by atoms with E-state index in [0.717, 1.165) is 83.2 Å². The second-order valence-electron chi connectivity index (χ2n) is 13.3. The van der Waals surface area contributed by atoms with Gasteiger partial charge in [-0.25, -0.2) is 0 Å². The zero-order valence-corrected chi connectivity index (χ0v) is 28.3. The molecule has 0 N–H and O–H groups in total. The largest absolute Gasteiger partial charge is 0.455 e. The summed E-state index contributed by atoms with van der Waals surface area (Å²) < 4.78 is 14.7. The number of hydrogen-bond acceptors (Lipinski definition) is 2. The van der Waals surface area contributed by atoms with Gasteiger partial charge >= 0.3 is 0 Å². The number of nitrogens with zero attached hydrogens (tertiary/aromatic N) is 1. The van der Waals surface area contributed by atoms with Crippen molar-refractivity contribution in [3.63, 3.8) is 0 Å². The molecule has 0 saturated heterocycles. The molecule has 0 aliphatic rings. The topological polar surface area (TPSA) is 16.4 Å². The summed E-state index contributed by atoms with van der Waals surface area (Å²) in [4.78, 5) is 2.33. The lowest BCUT2D eigenvalue weighted by Crippen LogP contribution is -2.09. The number of fused-ring (bicyclic) bond motifs is 5. The van der Waals surface area contributed by atoms with Crippen LogP contribution in [0.1, 0.15) is 1.37 Å². The third-order valence-electron chi connectivity index (χ3n) is 10.2. The first-order chi connectivity index (χ1) is 26.2. The van der Waals surface area contributed by atoms with Crippen molar-refractivity contribution >= 4 is 60.5 Å². The minimum Gasteiger partial charge on any atom is -0.455 e. The first-order valence-corrected chi connectivity index (χ1v) is 17.7. The molecule has 9 aromatic carbocycles. The zero-order chi connectivity index (χ0) is 35.3. The molecule has 1 aromatic heterocycles. The van der Waals surface area contributed by atoms with E-state index in [0.29, 0.717) is 6.04 Å². The molecular formula is C50H33NO. The Morgan fingerprint density at radius 2 is 0.904 bits per heavy atom. The van der Waals surface area contributed by atoms with Crippen molar-refractivity contribution in [1.29, 1.82) is 0 Å².